The minimum atomic E-state index is -0.534. The molecule has 0 atom stereocenters. The van der Waals surface area contributed by atoms with E-state index in [1.165, 1.54) is 0 Å². The molecule has 0 amide bonds. The number of nitrogen functional groups attached to an aromatic ring is 1. The Labute approximate surface area is 130 Å². The number of halogens is 1. The first-order chi connectivity index (χ1) is 9.60. The molecule has 0 saturated carbocycles. The van der Waals surface area contributed by atoms with E-state index in [9.17, 15) is 0 Å². The molecule has 1 aliphatic rings. The van der Waals surface area contributed by atoms with E-state index < -0.39 is 18.3 Å². The molecule has 1 aromatic carbocycles. The second-order valence-electron chi connectivity index (χ2n) is 6.14. The smallest absolute Gasteiger partial charge is 0.399 e. The lowest BCUT2D eigenvalue weighted by atomic mass is 9.76. The molecule has 2 rings (SSSR count). The van der Waals surface area contributed by atoms with Crippen LogP contribution in [0.1, 0.15) is 33.3 Å². The van der Waals surface area contributed by atoms with Crippen molar-refractivity contribution in [1.29, 1.82) is 5.41 Å². The van der Waals surface area contributed by atoms with Crippen LogP contribution in [0, 0.1) is 5.41 Å². The van der Waals surface area contributed by atoms with Crippen molar-refractivity contribution in [2.45, 2.75) is 38.9 Å². The quantitative estimate of drug-likeness (QED) is 0.453. The zero-order valence-electron chi connectivity index (χ0n) is 13.0. The standard InChI is InChI=1S/C14H21BClN3O2/c1-13(2)14(3,4)21-15(20-13)8-6-7-9(16)10(12(17)18)11(8)19-5/h6-7,19H,1-5H3,(H3,17,18). The zero-order valence-corrected chi connectivity index (χ0v) is 13.8. The van der Waals surface area contributed by atoms with E-state index in [1.807, 2.05) is 33.8 Å². The van der Waals surface area contributed by atoms with Gasteiger partial charge in [0.15, 0.2) is 0 Å². The van der Waals surface area contributed by atoms with Crippen LogP contribution >= 0.6 is 11.6 Å². The Hall–Kier alpha value is -1.24. The van der Waals surface area contributed by atoms with E-state index >= 15 is 0 Å². The summed E-state index contributed by atoms with van der Waals surface area (Å²) < 4.78 is 12.1. The molecule has 0 radical (unpaired) electrons. The zero-order chi connectivity index (χ0) is 16.0. The molecule has 1 fully saturated rings. The van der Waals surface area contributed by atoms with Gasteiger partial charge in [0.25, 0.3) is 0 Å². The first-order valence-corrected chi connectivity index (χ1v) is 7.18. The van der Waals surface area contributed by atoms with E-state index in [4.69, 9.17) is 32.1 Å². The summed E-state index contributed by atoms with van der Waals surface area (Å²) in [6.07, 6.45) is 0. The van der Waals surface area contributed by atoms with Gasteiger partial charge in [0.1, 0.15) is 5.84 Å². The number of benzene rings is 1. The maximum atomic E-state index is 7.72. The van der Waals surface area contributed by atoms with E-state index in [1.54, 1.807) is 13.1 Å². The van der Waals surface area contributed by atoms with Crippen LogP contribution in [0.5, 0.6) is 0 Å². The first kappa shape index (κ1) is 16.1. The Bertz CT molecular complexity index is 574. The highest BCUT2D eigenvalue weighted by Gasteiger charge is 2.52. The van der Waals surface area contributed by atoms with Gasteiger partial charge in [0.05, 0.1) is 21.8 Å². The third kappa shape index (κ3) is 2.63. The van der Waals surface area contributed by atoms with Crippen LogP contribution in [0.2, 0.25) is 5.02 Å². The molecule has 5 nitrogen and oxygen atoms in total. The van der Waals surface area contributed by atoms with Crippen LogP contribution in [-0.2, 0) is 9.31 Å². The van der Waals surface area contributed by atoms with Crippen molar-refractivity contribution in [1.82, 2.24) is 0 Å². The minimum absolute atomic E-state index is 0.0947. The number of amidine groups is 1. The van der Waals surface area contributed by atoms with Gasteiger partial charge in [-0.1, -0.05) is 17.7 Å². The van der Waals surface area contributed by atoms with E-state index in [-0.39, 0.29) is 5.84 Å². The summed E-state index contributed by atoms with van der Waals surface area (Å²) in [5, 5.41) is 11.2. The molecule has 0 aliphatic carbocycles. The Kier molecular flexibility index (Phi) is 3.99. The fraction of sp³-hybridized carbons (Fsp3) is 0.500. The van der Waals surface area contributed by atoms with Gasteiger partial charge in [0.2, 0.25) is 0 Å². The number of nitrogens with two attached hydrogens (primary N) is 1. The van der Waals surface area contributed by atoms with Crippen LogP contribution in [0.25, 0.3) is 0 Å². The molecule has 1 saturated heterocycles. The van der Waals surface area contributed by atoms with Gasteiger partial charge in [-0.3, -0.25) is 5.41 Å². The second-order valence-corrected chi connectivity index (χ2v) is 6.55. The Morgan fingerprint density at radius 1 is 1.24 bits per heavy atom. The predicted molar refractivity (Wildman–Crippen MR) is 87.7 cm³/mol. The van der Waals surface area contributed by atoms with Crippen molar-refractivity contribution in [3.05, 3.63) is 22.7 Å². The maximum absolute atomic E-state index is 7.72. The normalized spacial score (nSPS) is 19.6. The van der Waals surface area contributed by atoms with E-state index in [2.05, 4.69) is 5.32 Å². The number of hydrogen-bond acceptors (Lipinski definition) is 4. The van der Waals surface area contributed by atoms with Crippen molar-refractivity contribution in [2.75, 3.05) is 12.4 Å². The summed E-state index contributed by atoms with van der Waals surface area (Å²) in [7, 11) is 1.22. The molecule has 0 unspecified atom stereocenters. The Morgan fingerprint density at radius 2 is 1.76 bits per heavy atom. The van der Waals surface area contributed by atoms with Crippen molar-refractivity contribution in [3.63, 3.8) is 0 Å². The number of rotatable bonds is 3. The molecular formula is C14H21BClN3O2. The molecule has 114 valence electrons. The average Bonchev–Trinajstić information content (AvgIpc) is 2.57. The number of hydrogen-bond donors (Lipinski definition) is 3. The molecule has 0 spiro atoms. The highest BCUT2D eigenvalue weighted by molar-refractivity contribution is 6.64. The Morgan fingerprint density at radius 3 is 2.19 bits per heavy atom. The van der Waals surface area contributed by atoms with Gasteiger partial charge < -0.3 is 20.4 Å². The van der Waals surface area contributed by atoms with Gasteiger partial charge in [0, 0.05) is 18.2 Å². The van der Waals surface area contributed by atoms with Crippen LogP contribution in [0.15, 0.2) is 12.1 Å². The molecule has 21 heavy (non-hydrogen) atoms. The SMILES string of the molecule is CNc1c(B2OC(C)(C)C(C)(C)O2)ccc(Cl)c1C(=N)N. The first-order valence-electron chi connectivity index (χ1n) is 6.81. The number of nitrogens with one attached hydrogen (secondary N) is 2. The summed E-state index contributed by atoms with van der Waals surface area (Å²) >= 11 is 6.15. The van der Waals surface area contributed by atoms with Crippen LogP contribution < -0.4 is 16.5 Å². The lowest BCUT2D eigenvalue weighted by Crippen LogP contribution is -2.41. The minimum Gasteiger partial charge on any atom is -0.399 e. The molecule has 4 N–H and O–H groups in total. The molecule has 1 aromatic rings. The molecular weight excluding hydrogens is 288 g/mol. The lowest BCUT2D eigenvalue weighted by Gasteiger charge is -2.32. The van der Waals surface area contributed by atoms with Crippen molar-refractivity contribution in [2.24, 2.45) is 5.73 Å². The monoisotopic (exact) mass is 309 g/mol. The molecule has 7 heteroatoms. The van der Waals surface area contributed by atoms with Crippen molar-refractivity contribution >= 4 is 35.7 Å². The third-order valence-electron chi connectivity index (χ3n) is 4.21. The fourth-order valence-electron chi connectivity index (χ4n) is 2.29. The van der Waals surface area contributed by atoms with Gasteiger partial charge >= 0.3 is 7.12 Å². The molecule has 0 aromatic heterocycles. The van der Waals surface area contributed by atoms with Crippen LogP contribution in [-0.4, -0.2) is 31.2 Å². The summed E-state index contributed by atoms with van der Waals surface area (Å²) in [5.41, 5.74) is 6.69. The lowest BCUT2D eigenvalue weighted by molar-refractivity contribution is 0.00578. The fourth-order valence-corrected chi connectivity index (χ4v) is 2.55. The van der Waals surface area contributed by atoms with Gasteiger partial charge in [-0.05, 0) is 33.8 Å². The third-order valence-corrected chi connectivity index (χ3v) is 4.53. The average molecular weight is 310 g/mol. The van der Waals surface area contributed by atoms with E-state index in [0.717, 1.165) is 5.46 Å². The predicted octanol–water partition coefficient (Wildman–Crippen LogP) is 1.96. The molecule has 1 aliphatic heterocycles. The van der Waals surface area contributed by atoms with Gasteiger partial charge in [-0.15, -0.1) is 0 Å². The summed E-state index contributed by atoms with van der Waals surface area (Å²) in [4.78, 5) is 0. The highest BCUT2D eigenvalue weighted by Crippen LogP contribution is 2.37. The highest BCUT2D eigenvalue weighted by atomic mass is 35.5. The largest absolute Gasteiger partial charge is 0.496 e. The van der Waals surface area contributed by atoms with Crippen molar-refractivity contribution < 1.29 is 9.31 Å². The molecule has 0 bridgehead atoms. The summed E-state index contributed by atoms with van der Waals surface area (Å²) in [6, 6.07) is 3.54. The molecule has 1 heterocycles. The summed E-state index contributed by atoms with van der Waals surface area (Å²) in [5.74, 6) is -0.0947. The van der Waals surface area contributed by atoms with Crippen molar-refractivity contribution in [3.8, 4) is 0 Å². The second kappa shape index (κ2) is 5.19. The number of anilines is 1. The van der Waals surface area contributed by atoms with E-state index in [0.29, 0.717) is 16.3 Å². The van der Waals surface area contributed by atoms with Gasteiger partial charge in [-0.25, -0.2) is 0 Å². The van der Waals surface area contributed by atoms with Gasteiger partial charge in [-0.2, -0.15) is 0 Å². The van der Waals surface area contributed by atoms with Crippen LogP contribution in [0.3, 0.4) is 0 Å². The Balaban J connectivity index is 2.52. The summed E-state index contributed by atoms with van der Waals surface area (Å²) in [6.45, 7) is 7.98. The topological polar surface area (TPSA) is 80.4 Å². The maximum Gasteiger partial charge on any atom is 0.496 e. The van der Waals surface area contributed by atoms with Crippen LogP contribution in [0.4, 0.5) is 5.69 Å².